The number of hydrogen-bond acceptors (Lipinski definition) is 5. The van der Waals surface area contributed by atoms with Crippen molar-refractivity contribution >= 4 is 15.9 Å². The predicted molar refractivity (Wildman–Crippen MR) is 77.1 cm³/mol. The van der Waals surface area contributed by atoms with Crippen LogP contribution in [0.4, 0.5) is 0 Å². The number of sulfonamides is 1. The Balaban J connectivity index is 1.99. The maximum atomic E-state index is 12.1. The van der Waals surface area contributed by atoms with Crippen LogP contribution >= 0.6 is 0 Å². The van der Waals surface area contributed by atoms with Gasteiger partial charge in [-0.2, -0.15) is 0 Å². The Morgan fingerprint density at radius 3 is 2.38 bits per heavy atom. The van der Waals surface area contributed by atoms with E-state index in [4.69, 9.17) is 9.88 Å². The molecule has 8 heteroatoms. The highest BCUT2D eigenvalue weighted by atomic mass is 32.2. The Morgan fingerprint density at radius 2 is 1.86 bits per heavy atom. The van der Waals surface area contributed by atoms with Crippen LogP contribution in [0.2, 0.25) is 0 Å². The molecule has 1 aromatic carbocycles. The van der Waals surface area contributed by atoms with Crippen molar-refractivity contribution in [2.24, 2.45) is 5.14 Å². The van der Waals surface area contributed by atoms with E-state index >= 15 is 0 Å². The second kappa shape index (κ2) is 6.52. The zero-order valence-electron chi connectivity index (χ0n) is 11.8. The van der Waals surface area contributed by atoms with E-state index in [9.17, 15) is 13.2 Å². The number of nitrogens with one attached hydrogen (secondary N) is 1. The van der Waals surface area contributed by atoms with E-state index in [1.807, 2.05) is 6.92 Å². The summed E-state index contributed by atoms with van der Waals surface area (Å²) in [6.07, 6.45) is -0.112. The Labute approximate surface area is 124 Å². The van der Waals surface area contributed by atoms with Gasteiger partial charge >= 0.3 is 0 Å². The van der Waals surface area contributed by atoms with Gasteiger partial charge < -0.3 is 10.1 Å². The van der Waals surface area contributed by atoms with Crippen LogP contribution in [0.5, 0.6) is 0 Å². The summed E-state index contributed by atoms with van der Waals surface area (Å²) in [5.74, 6) is -0.255. The zero-order chi connectivity index (χ0) is 15.5. The summed E-state index contributed by atoms with van der Waals surface area (Å²) in [5, 5.41) is 7.89. The first-order valence-corrected chi connectivity index (χ1v) is 8.18. The molecule has 0 bridgehead atoms. The van der Waals surface area contributed by atoms with E-state index in [1.165, 1.54) is 24.3 Å². The van der Waals surface area contributed by atoms with Crippen LogP contribution in [-0.2, 0) is 14.8 Å². The molecule has 116 valence electrons. The number of carbonyl (C=O) groups excluding carboxylic acids is 1. The van der Waals surface area contributed by atoms with Crippen LogP contribution in [0, 0.1) is 0 Å². The third-order valence-corrected chi connectivity index (χ3v) is 4.31. The van der Waals surface area contributed by atoms with Gasteiger partial charge in [0.15, 0.2) is 0 Å². The van der Waals surface area contributed by atoms with Crippen LogP contribution in [0.3, 0.4) is 0 Å². The normalized spacial score (nSPS) is 18.2. The molecule has 1 aliphatic rings. The number of nitrogens with zero attached hydrogens (tertiary/aromatic N) is 1. The Hall–Kier alpha value is -1.48. The van der Waals surface area contributed by atoms with E-state index in [2.05, 4.69) is 10.2 Å². The maximum absolute atomic E-state index is 12.1. The molecular formula is C13H19N3O4S. The summed E-state index contributed by atoms with van der Waals surface area (Å²) in [4.78, 5) is 14.2. The van der Waals surface area contributed by atoms with Crippen molar-refractivity contribution in [3.05, 3.63) is 29.8 Å². The molecule has 1 aliphatic heterocycles. The Bertz CT molecular complexity index is 594. The molecule has 2 rings (SSSR count). The van der Waals surface area contributed by atoms with Gasteiger partial charge in [0.1, 0.15) is 0 Å². The molecular weight excluding hydrogens is 294 g/mol. The first-order valence-electron chi connectivity index (χ1n) is 6.63. The van der Waals surface area contributed by atoms with Crippen molar-refractivity contribution in [1.82, 2.24) is 10.2 Å². The summed E-state index contributed by atoms with van der Waals surface area (Å²) in [7, 11) is -3.74. The third-order valence-electron chi connectivity index (χ3n) is 3.38. The maximum Gasteiger partial charge on any atom is 0.252 e. The topological polar surface area (TPSA) is 102 Å². The lowest BCUT2D eigenvalue weighted by atomic mass is 10.2. The Morgan fingerprint density at radius 1 is 1.29 bits per heavy atom. The molecule has 3 N–H and O–H groups in total. The molecule has 1 amide bonds. The van der Waals surface area contributed by atoms with Crippen LogP contribution < -0.4 is 10.5 Å². The van der Waals surface area contributed by atoms with Crippen molar-refractivity contribution in [2.75, 3.05) is 26.3 Å². The molecule has 0 aliphatic carbocycles. The first kappa shape index (κ1) is 15.9. The van der Waals surface area contributed by atoms with Gasteiger partial charge in [-0.3, -0.25) is 9.69 Å². The molecule has 1 aromatic rings. The predicted octanol–water partition coefficient (Wildman–Crippen LogP) is -0.258. The highest BCUT2D eigenvalue weighted by Gasteiger charge is 2.19. The number of hydrogen-bond donors (Lipinski definition) is 2. The van der Waals surface area contributed by atoms with Crippen LogP contribution in [-0.4, -0.2) is 51.7 Å². The molecule has 0 aromatic heterocycles. The molecule has 1 heterocycles. The molecule has 0 spiro atoms. The minimum absolute atomic E-state index is 0.0136. The van der Waals surface area contributed by atoms with Gasteiger partial charge in [0.25, 0.3) is 5.91 Å². The van der Waals surface area contributed by atoms with E-state index in [1.54, 1.807) is 0 Å². The SMILES string of the molecule is CC(NC(=O)c1ccc(S(N)(=O)=O)cc1)N1CCOCC1. The van der Waals surface area contributed by atoms with Crippen molar-refractivity contribution in [2.45, 2.75) is 18.0 Å². The lowest BCUT2D eigenvalue weighted by molar-refractivity contribution is 0.0133. The van der Waals surface area contributed by atoms with Crippen molar-refractivity contribution in [1.29, 1.82) is 0 Å². The molecule has 1 atom stereocenters. The highest BCUT2D eigenvalue weighted by molar-refractivity contribution is 7.89. The average molecular weight is 313 g/mol. The van der Waals surface area contributed by atoms with E-state index in [-0.39, 0.29) is 17.0 Å². The van der Waals surface area contributed by atoms with Gasteiger partial charge in [0, 0.05) is 18.7 Å². The number of rotatable bonds is 4. The first-order chi connectivity index (χ1) is 9.88. The molecule has 0 saturated carbocycles. The van der Waals surface area contributed by atoms with E-state index < -0.39 is 10.0 Å². The third kappa shape index (κ3) is 4.24. The largest absolute Gasteiger partial charge is 0.379 e. The Kier molecular flexibility index (Phi) is 4.94. The fourth-order valence-corrected chi connectivity index (χ4v) is 2.64. The van der Waals surface area contributed by atoms with Gasteiger partial charge in [0.2, 0.25) is 10.0 Å². The van der Waals surface area contributed by atoms with Crippen molar-refractivity contribution < 1.29 is 17.9 Å². The van der Waals surface area contributed by atoms with Crippen LogP contribution in [0.15, 0.2) is 29.2 Å². The lowest BCUT2D eigenvalue weighted by Crippen LogP contribution is -2.50. The van der Waals surface area contributed by atoms with Crippen molar-refractivity contribution in [3.63, 3.8) is 0 Å². The van der Waals surface area contributed by atoms with E-state index in [0.717, 1.165) is 13.1 Å². The number of morpholine rings is 1. The molecule has 7 nitrogen and oxygen atoms in total. The quantitative estimate of drug-likeness (QED) is 0.797. The summed E-state index contributed by atoms with van der Waals surface area (Å²) in [5.41, 5.74) is 0.391. The smallest absolute Gasteiger partial charge is 0.252 e. The number of benzene rings is 1. The molecule has 1 fully saturated rings. The number of amides is 1. The number of primary sulfonamides is 1. The fourth-order valence-electron chi connectivity index (χ4n) is 2.13. The van der Waals surface area contributed by atoms with Gasteiger partial charge in [0.05, 0.1) is 24.3 Å². The van der Waals surface area contributed by atoms with Gasteiger partial charge in [-0.25, -0.2) is 13.6 Å². The molecule has 0 radical (unpaired) electrons. The summed E-state index contributed by atoms with van der Waals surface area (Å²) < 4.78 is 27.6. The number of ether oxygens (including phenoxy) is 1. The van der Waals surface area contributed by atoms with E-state index in [0.29, 0.717) is 18.8 Å². The fraction of sp³-hybridized carbons (Fsp3) is 0.462. The summed E-state index contributed by atoms with van der Waals surface area (Å²) >= 11 is 0. The molecule has 1 saturated heterocycles. The highest BCUT2D eigenvalue weighted by Crippen LogP contribution is 2.09. The minimum atomic E-state index is -3.74. The number of nitrogens with two attached hydrogens (primary N) is 1. The average Bonchev–Trinajstić information content (AvgIpc) is 2.47. The summed E-state index contributed by atoms with van der Waals surface area (Å²) in [6, 6.07) is 5.54. The molecule has 1 unspecified atom stereocenters. The molecule has 21 heavy (non-hydrogen) atoms. The summed E-state index contributed by atoms with van der Waals surface area (Å²) in [6.45, 7) is 4.76. The monoisotopic (exact) mass is 313 g/mol. The van der Waals surface area contributed by atoms with Crippen LogP contribution in [0.25, 0.3) is 0 Å². The van der Waals surface area contributed by atoms with Gasteiger partial charge in [-0.05, 0) is 31.2 Å². The number of carbonyl (C=O) groups is 1. The van der Waals surface area contributed by atoms with Gasteiger partial charge in [-0.1, -0.05) is 0 Å². The van der Waals surface area contributed by atoms with Crippen molar-refractivity contribution in [3.8, 4) is 0 Å². The second-order valence-corrected chi connectivity index (χ2v) is 6.43. The second-order valence-electron chi connectivity index (χ2n) is 4.87. The standard InChI is InChI=1S/C13H19N3O4S/c1-10(16-6-8-20-9-7-16)15-13(17)11-2-4-12(5-3-11)21(14,18)19/h2-5,10H,6-9H2,1H3,(H,15,17)(H2,14,18,19). The lowest BCUT2D eigenvalue weighted by Gasteiger charge is -2.32. The zero-order valence-corrected chi connectivity index (χ0v) is 12.6. The minimum Gasteiger partial charge on any atom is -0.379 e. The van der Waals surface area contributed by atoms with Gasteiger partial charge in [-0.15, -0.1) is 0 Å². The van der Waals surface area contributed by atoms with Crippen LogP contribution in [0.1, 0.15) is 17.3 Å².